The summed E-state index contributed by atoms with van der Waals surface area (Å²) in [7, 11) is 1.65. The summed E-state index contributed by atoms with van der Waals surface area (Å²) in [5.41, 5.74) is 1.13. The van der Waals surface area contributed by atoms with Crippen molar-refractivity contribution in [3.63, 3.8) is 0 Å². The van der Waals surface area contributed by atoms with Crippen molar-refractivity contribution in [1.82, 2.24) is 0 Å². The number of methoxy groups -OCH3 is 1. The van der Waals surface area contributed by atoms with Crippen molar-refractivity contribution >= 4 is 17.1 Å². The number of hydrogen-bond donors (Lipinski definition) is 0. The van der Waals surface area contributed by atoms with Crippen LogP contribution in [0.2, 0.25) is 0 Å². The second-order valence-electron chi connectivity index (χ2n) is 2.45. The average Bonchev–Trinajstić information content (AvgIpc) is 2.28. The minimum Gasteiger partial charge on any atom is -0.497 e. The maximum absolute atomic E-state index is 5.04. The fourth-order valence-electron chi connectivity index (χ4n) is 1.02. The molecule has 1 aromatic rings. The third-order valence-corrected chi connectivity index (χ3v) is 2.55. The summed E-state index contributed by atoms with van der Waals surface area (Å²) in [5, 5.41) is 0. The van der Waals surface area contributed by atoms with Crippen LogP contribution in [0.25, 0.3) is 5.76 Å². The van der Waals surface area contributed by atoms with Gasteiger partial charge in [-0.15, -0.1) is 11.3 Å². The second kappa shape index (κ2) is 3.09. The standard InChI is InChI=1S/C9H12OS/c1-6-5-9(7(2)10-4)8(3)11-6/h5H,2H2,1,3-4H3. The van der Waals surface area contributed by atoms with Crippen LogP contribution in [0, 0.1) is 13.8 Å². The first-order valence-corrected chi connectivity index (χ1v) is 4.27. The van der Waals surface area contributed by atoms with Crippen LogP contribution in [-0.2, 0) is 4.74 Å². The fourth-order valence-corrected chi connectivity index (χ4v) is 1.96. The Morgan fingerprint density at radius 1 is 1.55 bits per heavy atom. The van der Waals surface area contributed by atoms with Crippen molar-refractivity contribution in [2.45, 2.75) is 13.8 Å². The van der Waals surface area contributed by atoms with Crippen LogP contribution in [-0.4, -0.2) is 7.11 Å². The van der Waals surface area contributed by atoms with E-state index >= 15 is 0 Å². The molecule has 0 spiro atoms. The van der Waals surface area contributed by atoms with Crippen molar-refractivity contribution in [2.24, 2.45) is 0 Å². The van der Waals surface area contributed by atoms with Gasteiger partial charge in [0.1, 0.15) is 5.76 Å². The van der Waals surface area contributed by atoms with Crippen LogP contribution < -0.4 is 0 Å². The van der Waals surface area contributed by atoms with E-state index in [1.54, 1.807) is 18.4 Å². The zero-order valence-corrected chi connectivity index (χ0v) is 7.92. The van der Waals surface area contributed by atoms with E-state index in [1.807, 2.05) is 0 Å². The van der Waals surface area contributed by atoms with Gasteiger partial charge in [-0.2, -0.15) is 0 Å². The predicted molar refractivity (Wildman–Crippen MR) is 49.8 cm³/mol. The Labute approximate surface area is 71.3 Å². The monoisotopic (exact) mass is 168 g/mol. The summed E-state index contributed by atoms with van der Waals surface area (Å²) in [6.45, 7) is 7.97. The summed E-state index contributed by atoms with van der Waals surface area (Å²) >= 11 is 1.77. The highest BCUT2D eigenvalue weighted by Gasteiger charge is 2.05. The minimum atomic E-state index is 0.756. The van der Waals surface area contributed by atoms with E-state index < -0.39 is 0 Å². The molecule has 60 valence electrons. The minimum absolute atomic E-state index is 0.756. The van der Waals surface area contributed by atoms with Gasteiger partial charge in [0, 0.05) is 15.3 Å². The van der Waals surface area contributed by atoms with Crippen molar-refractivity contribution in [2.75, 3.05) is 7.11 Å². The van der Waals surface area contributed by atoms with E-state index in [4.69, 9.17) is 4.74 Å². The lowest BCUT2D eigenvalue weighted by molar-refractivity contribution is 0.371. The summed E-state index contributed by atoms with van der Waals surface area (Å²) in [4.78, 5) is 2.57. The van der Waals surface area contributed by atoms with Gasteiger partial charge in [-0.3, -0.25) is 0 Å². The van der Waals surface area contributed by atoms with E-state index in [9.17, 15) is 0 Å². The highest BCUT2D eigenvalue weighted by Crippen LogP contribution is 2.26. The second-order valence-corrected chi connectivity index (χ2v) is 3.91. The van der Waals surface area contributed by atoms with Crippen molar-refractivity contribution in [1.29, 1.82) is 0 Å². The number of thiophene rings is 1. The smallest absolute Gasteiger partial charge is 0.120 e. The molecule has 0 aromatic carbocycles. The first kappa shape index (κ1) is 8.34. The van der Waals surface area contributed by atoms with Gasteiger partial charge in [-0.1, -0.05) is 6.58 Å². The number of ether oxygens (including phenoxy) is 1. The van der Waals surface area contributed by atoms with E-state index in [0.29, 0.717) is 0 Å². The van der Waals surface area contributed by atoms with Gasteiger partial charge >= 0.3 is 0 Å². The Morgan fingerprint density at radius 3 is 2.55 bits per heavy atom. The van der Waals surface area contributed by atoms with E-state index in [1.165, 1.54) is 9.75 Å². The lowest BCUT2D eigenvalue weighted by Gasteiger charge is -2.01. The summed E-state index contributed by atoms with van der Waals surface area (Å²) in [6.07, 6.45) is 0. The maximum Gasteiger partial charge on any atom is 0.120 e. The zero-order chi connectivity index (χ0) is 8.43. The SMILES string of the molecule is C=C(OC)c1cc(C)sc1C. The summed E-state index contributed by atoms with van der Waals surface area (Å²) in [6, 6.07) is 2.10. The molecule has 0 atom stereocenters. The third kappa shape index (κ3) is 1.63. The van der Waals surface area contributed by atoms with Crippen LogP contribution in [0.4, 0.5) is 0 Å². The Balaban J connectivity index is 3.03. The molecular formula is C9H12OS. The van der Waals surface area contributed by atoms with Gasteiger partial charge in [0.25, 0.3) is 0 Å². The van der Waals surface area contributed by atoms with Gasteiger partial charge in [0.05, 0.1) is 7.11 Å². The molecule has 0 amide bonds. The van der Waals surface area contributed by atoms with Gasteiger partial charge < -0.3 is 4.74 Å². The molecule has 0 N–H and O–H groups in total. The Bertz CT molecular complexity index is 273. The number of rotatable bonds is 2. The first-order valence-electron chi connectivity index (χ1n) is 3.45. The molecule has 0 bridgehead atoms. The molecule has 0 unspecified atom stereocenters. The highest BCUT2D eigenvalue weighted by molar-refractivity contribution is 7.12. The van der Waals surface area contributed by atoms with Crippen LogP contribution in [0.3, 0.4) is 0 Å². The van der Waals surface area contributed by atoms with Crippen molar-refractivity contribution in [3.8, 4) is 0 Å². The topological polar surface area (TPSA) is 9.23 Å². The number of aryl methyl sites for hydroxylation is 2. The van der Waals surface area contributed by atoms with Crippen molar-refractivity contribution in [3.05, 3.63) is 28.0 Å². The highest BCUT2D eigenvalue weighted by atomic mass is 32.1. The zero-order valence-electron chi connectivity index (χ0n) is 7.10. The molecule has 1 rings (SSSR count). The molecule has 1 nitrogen and oxygen atoms in total. The number of hydrogen-bond acceptors (Lipinski definition) is 2. The van der Waals surface area contributed by atoms with Crippen LogP contribution in [0.15, 0.2) is 12.6 Å². The third-order valence-electron chi connectivity index (χ3n) is 1.59. The van der Waals surface area contributed by atoms with Gasteiger partial charge in [-0.25, -0.2) is 0 Å². The average molecular weight is 168 g/mol. The molecule has 1 aromatic heterocycles. The molecule has 1 heterocycles. The van der Waals surface area contributed by atoms with Gasteiger partial charge in [-0.05, 0) is 19.9 Å². The van der Waals surface area contributed by atoms with Crippen LogP contribution >= 0.6 is 11.3 Å². The molecule has 0 radical (unpaired) electrons. The summed E-state index contributed by atoms with van der Waals surface area (Å²) < 4.78 is 5.04. The quantitative estimate of drug-likeness (QED) is 0.617. The molecule has 0 aliphatic heterocycles. The lowest BCUT2D eigenvalue weighted by Crippen LogP contribution is -1.83. The molecule has 2 heteroatoms. The fraction of sp³-hybridized carbons (Fsp3) is 0.333. The normalized spacial score (nSPS) is 9.73. The van der Waals surface area contributed by atoms with Crippen LogP contribution in [0.5, 0.6) is 0 Å². The van der Waals surface area contributed by atoms with Crippen molar-refractivity contribution < 1.29 is 4.74 Å². The summed E-state index contributed by atoms with van der Waals surface area (Å²) in [5.74, 6) is 0.756. The molecular weight excluding hydrogens is 156 g/mol. The van der Waals surface area contributed by atoms with E-state index in [0.717, 1.165) is 11.3 Å². The molecule has 11 heavy (non-hydrogen) atoms. The van der Waals surface area contributed by atoms with E-state index in [2.05, 4.69) is 26.5 Å². The molecule has 0 fully saturated rings. The molecule has 0 saturated heterocycles. The van der Waals surface area contributed by atoms with E-state index in [-0.39, 0.29) is 0 Å². The first-order chi connectivity index (χ1) is 5.15. The van der Waals surface area contributed by atoms with Crippen LogP contribution in [0.1, 0.15) is 15.3 Å². The molecule has 0 saturated carbocycles. The Kier molecular flexibility index (Phi) is 2.35. The Morgan fingerprint density at radius 2 is 2.18 bits per heavy atom. The van der Waals surface area contributed by atoms with Gasteiger partial charge in [0.15, 0.2) is 0 Å². The lowest BCUT2D eigenvalue weighted by atomic mass is 10.2. The van der Waals surface area contributed by atoms with Gasteiger partial charge in [0.2, 0.25) is 0 Å². The molecule has 0 aliphatic carbocycles. The Hall–Kier alpha value is -0.760. The maximum atomic E-state index is 5.04. The largest absolute Gasteiger partial charge is 0.497 e. The molecule has 0 aliphatic rings. The predicted octanol–water partition coefficient (Wildman–Crippen LogP) is 2.98.